The van der Waals surface area contributed by atoms with E-state index in [1.807, 2.05) is 84.3 Å². The molecule has 0 aliphatic carbocycles. The molecule has 4 aromatic rings. The Kier molecular flexibility index (Phi) is 7.32. The molecule has 168 valence electrons. The van der Waals surface area contributed by atoms with E-state index in [-0.39, 0.29) is 5.91 Å². The maximum atomic E-state index is 12.9. The number of ether oxygens (including phenoxy) is 1. The van der Waals surface area contributed by atoms with Crippen LogP contribution in [0.4, 0.5) is 5.69 Å². The first-order valence-corrected chi connectivity index (χ1v) is 11.6. The summed E-state index contributed by atoms with van der Waals surface area (Å²) in [5.74, 6) is 1.20. The molecule has 3 aromatic carbocycles. The summed E-state index contributed by atoms with van der Waals surface area (Å²) in [6.07, 6.45) is 0. The summed E-state index contributed by atoms with van der Waals surface area (Å²) in [5, 5.41) is 12.6. The quantitative estimate of drug-likeness (QED) is 0.325. The molecule has 0 saturated heterocycles. The normalized spacial score (nSPS) is 11.7. The Bertz CT molecular complexity index is 1250. The Morgan fingerprint density at radius 3 is 2.58 bits per heavy atom. The van der Waals surface area contributed by atoms with Gasteiger partial charge in [-0.15, -0.1) is 10.2 Å². The van der Waals surface area contributed by atoms with E-state index in [2.05, 4.69) is 15.5 Å². The fraction of sp³-hybridized carbons (Fsp3) is 0.160. The van der Waals surface area contributed by atoms with Gasteiger partial charge in [-0.05, 0) is 36.8 Å². The van der Waals surface area contributed by atoms with Crippen LogP contribution in [0.1, 0.15) is 12.5 Å². The van der Waals surface area contributed by atoms with Gasteiger partial charge in [-0.2, -0.15) is 0 Å². The van der Waals surface area contributed by atoms with Crippen LogP contribution in [-0.4, -0.2) is 33.0 Å². The minimum atomic E-state index is -0.408. The summed E-state index contributed by atoms with van der Waals surface area (Å²) in [7, 11) is 1.59. The largest absolute Gasteiger partial charge is 0.497 e. The third-order valence-corrected chi connectivity index (χ3v) is 6.41. The molecule has 4 rings (SSSR count). The number of hydrogen-bond acceptors (Lipinski definition) is 5. The van der Waals surface area contributed by atoms with E-state index in [0.717, 1.165) is 11.1 Å². The van der Waals surface area contributed by atoms with Crippen molar-refractivity contribution >= 4 is 35.0 Å². The van der Waals surface area contributed by atoms with E-state index < -0.39 is 5.25 Å². The molecule has 1 aromatic heterocycles. The highest BCUT2D eigenvalue weighted by Crippen LogP contribution is 2.31. The van der Waals surface area contributed by atoms with Gasteiger partial charge >= 0.3 is 0 Å². The van der Waals surface area contributed by atoms with Crippen molar-refractivity contribution in [2.24, 2.45) is 0 Å². The second-order valence-corrected chi connectivity index (χ2v) is 9.05. The number of aromatic nitrogens is 3. The summed E-state index contributed by atoms with van der Waals surface area (Å²) in [4.78, 5) is 12.9. The summed E-state index contributed by atoms with van der Waals surface area (Å²) < 4.78 is 7.23. The molecule has 1 N–H and O–H groups in total. The van der Waals surface area contributed by atoms with Crippen LogP contribution in [0.2, 0.25) is 5.02 Å². The summed E-state index contributed by atoms with van der Waals surface area (Å²) in [6, 6.07) is 24.9. The Hall–Kier alpha value is -3.29. The zero-order chi connectivity index (χ0) is 23.2. The van der Waals surface area contributed by atoms with Crippen LogP contribution in [0.3, 0.4) is 0 Å². The van der Waals surface area contributed by atoms with Gasteiger partial charge in [0.05, 0.1) is 23.9 Å². The minimum Gasteiger partial charge on any atom is -0.497 e. The van der Waals surface area contributed by atoms with Crippen LogP contribution in [0.25, 0.3) is 11.4 Å². The van der Waals surface area contributed by atoms with Crippen molar-refractivity contribution in [3.63, 3.8) is 0 Å². The maximum Gasteiger partial charge on any atom is 0.237 e. The van der Waals surface area contributed by atoms with Crippen LogP contribution in [0, 0.1) is 0 Å². The van der Waals surface area contributed by atoms with Gasteiger partial charge in [0.2, 0.25) is 5.91 Å². The van der Waals surface area contributed by atoms with Gasteiger partial charge in [-0.1, -0.05) is 71.9 Å². The molecule has 6 nitrogen and oxygen atoms in total. The number of rotatable bonds is 8. The van der Waals surface area contributed by atoms with Gasteiger partial charge < -0.3 is 10.1 Å². The third kappa shape index (κ3) is 5.56. The lowest BCUT2D eigenvalue weighted by Crippen LogP contribution is -2.23. The average molecular weight is 479 g/mol. The van der Waals surface area contributed by atoms with Crippen molar-refractivity contribution in [1.29, 1.82) is 0 Å². The van der Waals surface area contributed by atoms with Crippen molar-refractivity contribution in [3.05, 3.63) is 89.4 Å². The predicted octanol–water partition coefficient (Wildman–Crippen LogP) is 5.77. The van der Waals surface area contributed by atoms with Crippen molar-refractivity contribution in [3.8, 4) is 17.1 Å². The fourth-order valence-electron chi connectivity index (χ4n) is 3.28. The first-order valence-electron chi connectivity index (χ1n) is 10.4. The molecule has 0 saturated carbocycles. The number of nitrogens with zero attached hydrogens (tertiary/aromatic N) is 3. The highest BCUT2D eigenvalue weighted by molar-refractivity contribution is 8.00. The third-order valence-electron chi connectivity index (χ3n) is 5.00. The van der Waals surface area contributed by atoms with Gasteiger partial charge in [-0.3, -0.25) is 9.36 Å². The average Bonchev–Trinajstić information content (AvgIpc) is 3.21. The summed E-state index contributed by atoms with van der Waals surface area (Å²) >= 11 is 7.80. The number of amides is 1. The SMILES string of the molecule is COc1cccc(NC(=O)C(C)Sc2nnc(-c3ccccc3Cl)n2Cc2ccccc2)c1. The highest BCUT2D eigenvalue weighted by Gasteiger charge is 2.22. The number of thioether (sulfide) groups is 1. The number of hydrogen-bond donors (Lipinski definition) is 1. The van der Waals surface area contributed by atoms with E-state index in [1.165, 1.54) is 11.8 Å². The van der Waals surface area contributed by atoms with Gasteiger partial charge in [0.15, 0.2) is 11.0 Å². The smallest absolute Gasteiger partial charge is 0.237 e. The lowest BCUT2D eigenvalue weighted by molar-refractivity contribution is -0.115. The number of methoxy groups -OCH3 is 1. The standard InChI is InChI=1S/C25H23ClN4O2S/c1-17(24(31)27-19-11-8-12-20(15-19)32-2)33-25-29-28-23(21-13-6-7-14-22(21)26)30(25)16-18-9-4-3-5-10-18/h3-15,17H,16H2,1-2H3,(H,27,31). The lowest BCUT2D eigenvalue weighted by atomic mass is 10.2. The molecular weight excluding hydrogens is 456 g/mol. The number of nitrogens with one attached hydrogen (secondary N) is 1. The van der Waals surface area contributed by atoms with Gasteiger partial charge in [0.25, 0.3) is 0 Å². The molecule has 33 heavy (non-hydrogen) atoms. The molecule has 0 spiro atoms. The van der Waals surface area contributed by atoms with E-state index in [4.69, 9.17) is 16.3 Å². The van der Waals surface area contributed by atoms with Gasteiger partial charge in [0, 0.05) is 17.3 Å². The molecule has 0 radical (unpaired) electrons. The van der Waals surface area contributed by atoms with E-state index >= 15 is 0 Å². The van der Waals surface area contributed by atoms with E-state index in [9.17, 15) is 4.79 Å². The molecule has 1 atom stereocenters. The van der Waals surface area contributed by atoms with Crippen molar-refractivity contribution < 1.29 is 9.53 Å². The summed E-state index contributed by atoms with van der Waals surface area (Å²) in [5.41, 5.74) is 2.57. The minimum absolute atomic E-state index is 0.137. The molecule has 0 bridgehead atoms. The maximum absolute atomic E-state index is 12.9. The first kappa shape index (κ1) is 22.9. The van der Waals surface area contributed by atoms with Crippen LogP contribution in [-0.2, 0) is 11.3 Å². The molecule has 0 fully saturated rings. The van der Waals surface area contributed by atoms with Gasteiger partial charge in [-0.25, -0.2) is 0 Å². The Labute approximate surface area is 202 Å². The van der Waals surface area contributed by atoms with Crippen molar-refractivity contribution in [1.82, 2.24) is 14.8 Å². The lowest BCUT2D eigenvalue weighted by Gasteiger charge is -2.15. The number of carbonyl (C=O) groups is 1. The first-order chi connectivity index (χ1) is 16.0. The fourth-order valence-corrected chi connectivity index (χ4v) is 4.35. The Balaban J connectivity index is 1.60. The monoisotopic (exact) mass is 478 g/mol. The Morgan fingerprint density at radius 1 is 1.06 bits per heavy atom. The van der Waals surface area contributed by atoms with Crippen molar-refractivity contribution in [2.75, 3.05) is 12.4 Å². The van der Waals surface area contributed by atoms with Crippen LogP contribution in [0.5, 0.6) is 5.75 Å². The molecule has 0 aliphatic heterocycles. The summed E-state index contributed by atoms with van der Waals surface area (Å²) in [6.45, 7) is 2.40. The second-order valence-electron chi connectivity index (χ2n) is 7.34. The van der Waals surface area contributed by atoms with Crippen LogP contribution in [0.15, 0.2) is 84.0 Å². The number of anilines is 1. The number of carbonyl (C=O) groups excluding carboxylic acids is 1. The van der Waals surface area contributed by atoms with Crippen LogP contribution >= 0.6 is 23.4 Å². The number of halogens is 1. The predicted molar refractivity (Wildman–Crippen MR) is 133 cm³/mol. The van der Waals surface area contributed by atoms with Crippen molar-refractivity contribution in [2.45, 2.75) is 23.9 Å². The molecule has 1 amide bonds. The molecule has 8 heteroatoms. The second kappa shape index (κ2) is 10.6. The van der Waals surface area contributed by atoms with Crippen LogP contribution < -0.4 is 10.1 Å². The zero-order valence-electron chi connectivity index (χ0n) is 18.2. The molecular formula is C25H23ClN4O2S. The highest BCUT2D eigenvalue weighted by atomic mass is 35.5. The van der Waals surface area contributed by atoms with Gasteiger partial charge in [0.1, 0.15) is 5.75 Å². The topological polar surface area (TPSA) is 69.0 Å². The molecule has 1 unspecified atom stereocenters. The molecule has 0 aliphatic rings. The molecule has 1 heterocycles. The van der Waals surface area contributed by atoms with E-state index in [0.29, 0.717) is 34.0 Å². The zero-order valence-corrected chi connectivity index (χ0v) is 19.8. The number of benzene rings is 3. The Morgan fingerprint density at radius 2 is 1.82 bits per heavy atom. The van der Waals surface area contributed by atoms with E-state index in [1.54, 1.807) is 13.2 Å².